The Hall–Kier alpha value is -2.21. The summed E-state index contributed by atoms with van der Waals surface area (Å²) < 4.78 is 2.06. The third kappa shape index (κ3) is 2.62. The molecule has 0 atom stereocenters. The van der Waals surface area contributed by atoms with E-state index < -0.39 is 0 Å². The van der Waals surface area contributed by atoms with E-state index in [9.17, 15) is 0 Å². The molecule has 3 rings (SSSR count). The van der Waals surface area contributed by atoms with Crippen LogP contribution in [-0.2, 0) is 7.05 Å². The number of rotatable bonds is 6. The molecule has 0 bridgehead atoms. The molecule has 0 aliphatic heterocycles. The van der Waals surface area contributed by atoms with E-state index in [2.05, 4.69) is 55.9 Å². The summed E-state index contributed by atoms with van der Waals surface area (Å²) in [5.41, 5.74) is 2.84. The number of hydrogen-bond donors (Lipinski definition) is 1. The van der Waals surface area contributed by atoms with E-state index in [4.69, 9.17) is 0 Å². The van der Waals surface area contributed by atoms with Gasteiger partial charge >= 0.3 is 0 Å². The van der Waals surface area contributed by atoms with Crippen molar-refractivity contribution in [3.63, 3.8) is 0 Å². The summed E-state index contributed by atoms with van der Waals surface area (Å²) in [6.45, 7) is 8.24. The molecular formula is C16H22N6. The zero-order chi connectivity index (χ0) is 15.5. The average molecular weight is 298 g/mol. The largest absolute Gasteiger partial charge is 0.352 e. The van der Waals surface area contributed by atoms with E-state index in [1.807, 2.05) is 19.2 Å². The Morgan fingerprint density at radius 2 is 1.91 bits per heavy atom. The molecule has 0 amide bonds. The summed E-state index contributed by atoms with van der Waals surface area (Å²) in [7, 11) is 2.01. The number of benzene rings is 1. The molecule has 0 radical (unpaired) electrons. The van der Waals surface area contributed by atoms with Gasteiger partial charge < -0.3 is 14.8 Å². The number of nitrogens with one attached hydrogen (secondary N) is 1. The molecule has 0 aliphatic rings. The van der Waals surface area contributed by atoms with Gasteiger partial charge in [0, 0.05) is 25.5 Å². The minimum atomic E-state index is 0.588. The van der Waals surface area contributed by atoms with E-state index in [-0.39, 0.29) is 0 Å². The molecule has 0 saturated carbocycles. The number of fused-ring (bicyclic) bond motifs is 3. The van der Waals surface area contributed by atoms with Crippen molar-refractivity contribution in [1.29, 1.82) is 0 Å². The predicted molar refractivity (Wildman–Crippen MR) is 90.1 cm³/mol. The number of anilines is 1. The minimum absolute atomic E-state index is 0.588. The van der Waals surface area contributed by atoms with Crippen LogP contribution in [0.3, 0.4) is 0 Å². The number of para-hydroxylation sites is 1. The third-order valence-electron chi connectivity index (χ3n) is 4.11. The zero-order valence-electron chi connectivity index (χ0n) is 13.4. The maximum Gasteiger partial charge on any atom is 0.244 e. The average Bonchev–Trinajstić information content (AvgIpc) is 2.85. The smallest absolute Gasteiger partial charge is 0.244 e. The highest BCUT2D eigenvalue weighted by Gasteiger charge is 2.11. The molecule has 3 aromatic rings. The topological polar surface area (TPSA) is 58.9 Å². The first-order chi connectivity index (χ1) is 10.7. The van der Waals surface area contributed by atoms with Gasteiger partial charge in [-0.3, -0.25) is 0 Å². The first-order valence-corrected chi connectivity index (χ1v) is 7.78. The van der Waals surface area contributed by atoms with Gasteiger partial charge in [0.05, 0.1) is 5.52 Å². The molecule has 0 fully saturated rings. The van der Waals surface area contributed by atoms with Crippen LogP contribution in [0.5, 0.6) is 0 Å². The number of hydrogen-bond acceptors (Lipinski definition) is 5. The lowest BCUT2D eigenvalue weighted by Gasteiger charge is -2.17. The van der Waals surface area contributed by atoms with Crippen LogP contribution in [0, 0.1) is 0 Å². The van der Waals surface area contributed by atoms with Gasteiger partial charge in [-0.1, -0.05) is 32.0 Å². The number of nitrogens with zero attached hydrogens (tertiary/aromatic N) is 5. The SMILES string of the molecule is CCN(CC)CCNc1nnc2c3ccccc3n(C)c2n1. The van der Waals surface area contributed by atoms with Gasteiger partial charge in [-0.15, -0.1) is 10.2 Å². The van der Waals surface area contributed by atoms with E-state index in [1.54, 1.807) is 0 Å². The normalized spacial score (nSPS) is 11.6. The molecule has 2 aromatic heterocycles. The molecule has 0 spiro atoms. The summed E-state index contributed by atoms with van der Waals surface area (Å²) in [6, 6.07) is 8.17. The van der Waals surface area contributed by atoms with Crippen molar-refractivity contribution in [2.75, 3.05) is 31.5 Å². The van der Waals surface area contributed by atoms with E-state index in [1.165, 1.54) is 0 Å². The number of aromatic nitrogens is 4. The van der Waals surface area contributed by atoms with Gasteiger partial charge in [0.2, 0.25) is 5.95 Å². The Labute approximate surface area is 130 Å². The van der Waals surface area contributed by atoms with Crippen LogP contribution in [-0.4, -0.2) is 50.8 Å². The highest BCUT2D eigenvalue weighted by molar-refractivity contribution is 6.04. The molecule has 116 valence electrons. The molecule has 22 heavy (non-hydrogen) atoms. The minimum Gasteiger partial charge on any atom is -0.352 e. The maximum absolute atomic E-state index is 4.62. The van der Waals surface area contributed by atoms with Crippen molar-refractivity contribution < 1.29 is 0 Å². The second-order valence-corrected chi connectivity index (χ2v) is 5.34. The fourth-order valence-corrected chi connectivity index (χ4v) is 2.75. The van der Waals surface area contributed by atoms with Crippen molar-refractivity contribution in [1.82, 2.24) is 24.6 Å². The molecule has 6 heteroatoms. The first-order valence-electron chi connectivity index (χ1n) is 7.78. The Balaban J connectivity index is 1.84. The molecule has 1 aromatic carbocycles. The van der Waals surface area contributed by atoms with Crippen LogP contribution in [0.25, 0.3) is 22.1 Å². The highest BCUT2D eigenvalue weighted by atomic mass is 15.3. The highest BCUT2D eigenvalue weighted by Crippen LogP contribution is 2.24. The second-order valence-electron chi connectivity index (χ2n) is 5.34. The number of aryl methyl sites for hydroxylation is 1. The summed E-state index contributed by atoms with van der Waals surface area (Å²) in [5, 5.41) is 12.9. The lowest BCUT2D eigenvalue weighted by atomic mass is 10.2. The monoisotopic (exact) mass is 298 g/mol. The Kier molecular flexibility index (Phi) is 4.20. The Morgan fingerprint density at radius 1 is 1.14 bits per heavy atom. The van der Waals surface area contributed by atoms with Crippen molar-refractivity contribution >= 4 is 28.0 Å². The predicted octanol–water partition coefficient (Wildman–Crippen LogP) is 2.27. The summed E-state index contributed by atoms with van der Waals surface area (Å²) in [5.74, 6) is 0.588. The summed E-state index contributed by atoms with van der Waals surface area (Å²) in [4.78, 5) is 6.98. The molecule has 6 nitrogen and oxygen atoms in total. The fourth-order valence-electron chi connectivity index (χ4n) is 2.75. The van der Waals surface area contributed by atoms with E-state index in [0.717, 1.165) is 48.2 Å². The lowest BCUT2D eigenvalue weighted by molar-refractivity contribution is 0.316. The van der Waals surface area contributed by atoms with E-state index in [0.29, 0.717) is 5.95 Å². The van der Waals surface area contributed by atoms with Crippen molar-refractivity contribution in [3.8, 4) is 0 Å². The van der Waals surface area contributed by atoms with Crippen LogP contribution in [0.1, 0.15) is 13.8 Å². The maximum atomic E-state index is 4.62. The standard InChI is InChI=1S/C16H22N6/c1-4-22(5-2)11-10-17-16-18-15-14(19-20-16)12-8-6-7-9-13(12)21(15)3/h6-9H,4-5,10-11H2,1-3H3,(H,17,18,20). The van der Waals surface area contributed by atoms with Crippen LogP contribution in [0.2, 0.25) is 0 Å². The van der Waals surface area contributed by atoms with E-state index >= 15 is 0 Å². The fraction of sp³-hybridized carbons (Fsp3) is 0.438. The van der Waals surface area contributed by atoms with Crippen molar-refractivity contribution in [2.45, 2.75) is 13.8 Å². The molecule has 0 saturated heterocycles. The molecule has 0 unspecified atom stereocenters. The van der Waals surface area contributed by atoms with Gasteiger partial charge in [-0.25, -0.2) is 0 Å². The van der Waals surface area contributed by atoms with Crippen LogP contribution in [0.4, 0.5) is 5.95 Å². The van der Waals surface area contributed by atoms with Gasteiger partial charge in [0.25, 0.3) is 0 Å². The quantitative estimate of drug-likeness (QED) is 0.756. The van der Waals surface area contributed by atoms with Crippen LogP contribution in [0.15, 0.2) is 24.3 Å². The molecule has 2 heterocycles. The van der Waals surface area contributed by atoms with Crippen LogP contribution < -0.4 is 5.32 Å². The van der Waals surface area contributed by atoms with Gasteiger partial charge in [0.1, 0.15) is 5.52 Å². The summed E-state index contributed by atoms with van der Waals surface area (Å²) >= 11 is 0. The van der Waals surface area contributed by atoms with Crippen LogP contribution >= 0.6 is 0 Å². The second kappa shape index (κ2) is 6.27. The number of likely N-dealkylation sites (N-methyl/N-ethyl adjacent to an activating group) is 1. The lowest BCUT2D eigenvalue weighted by Crippen LogP contribution is -2.29. The Morgan fingerprint density at radius 3 is 2.68 bits per heavy atom. The third-order valence-corrected chi connectivity index (χ3v) is 4.11. The van der Waals surface area contributed by atoms with Gasteiger partial charge in [-0.2, -0.15) is 4.98 Å². The zero-order valence-corrected chi connectivity index (χ0v) is 13.4. The Bertz CT molecular complexity index is 775. The first kappa shape index (κ1) is 14.7. The van der Waals surface area contributed by atoms with Gasteiger partial charge in [-0.05, 0) is 19.2 Å². The van der Waals surface area contributed by atoms with Gasteiger partial charge in [0.15, 0.2) is 5.65 Å². The van der Waals surface area contributed by atoms with Crippen molar-refractivity contribution in [3.05, 3.63) is 24.3 Å². The molecular weight excluding hydrogens is 276 g/mol. The molecule has 0 aliphatic carbocycles. The molecule has 1 N–H and O–H groups in total. The van der Waals surface area contributed by atoms with Crippen molar-refractivity contribution in [2.24, 2.45) is 7.05 Å². The summed E-state index contributed by atoms with van der Waals surface area (Å²) in [6.07, 6.45) is 0.